The highest BCUT2D eigenvalue weighted by molar-refractivity contribution is 7.95. The van der Waals surface area contributed by atoms with Crippen LogP contribution < -0.4 is 12.4 Å². The number of aryl methyl sites for hydroxylation is 1. The summed E-state index contributed by atoms with van der Waals surface area (Å²) < 4.78 is 0. The summed E-state index contributed by atoms with van der Waals surface area (Å²) in [5, 5.41) is 9.27. The average Bonchev–Trinajstić information content (AvgIpc) is 2.29. The number of halogens is 1. The third kappa shape index (κ3) is 3.97. The van der Waals surface area contributed by atoms with Crippen molar-refractivity contribution in [2.75, 3.05) is 6.26 Å². The Morgan fingerprint density at radius 2 is 1.72 bits per heavy atom. The largest absolute Gasteiger partial charge is 1.00 e. The number of aromatic hydroxyl groups is 1. The van der Waals surface area contributed by atoms with E-state index in [-0.39, 0.29) is 23.3 Å². The van der Waals surface area contributed by atoms with Gasteiger partial charge in [0.1, 0.15) is 17.8 Å². The molecule has 0 amide bonds. The van der Waals surface area contributed by atoms with Crippen LogP contribution in [-0.4, -0.2) is 11.4 Å². The molecule has 0 bridgehead atoms. The Bertz CT molecular complexity index is 496. The van der Waals surface area contributed by atoms with Crippen molar-refractivity contribution in [1.29, 1.82) is 0 Å². The Labute approximate surface area is 118 Å². The predicted octanol–water partition coefficient (Wildman–Crippen LogP) is 0.512. The van der Waals surface area contributed by atoms with Gasteiger partial charge in [-0.3, -0.25) is 0 Å². The number of phenolic OH excluding ortho intramolecular Hbond substituents is 1. The number of hydrogen-bond acceptors (Lipinski definition) is 1. The summed E-state index contributed by atoms with van der Waals surface area (Å²) in [5.41, 5.74) is 2.69. The summed E-state index contributed by atoms with van der Waals surface area (Å²) in [6.07, 6.45) is 2.24. The summed E-state index contributed by atoms with van der Waals surface area (Å²) in [7, 11) is 0.188. The fourth-order valence-electron chi connectivity index (χ4n) is 1.81. The quantitative estimate of drug-likeness (QED) is 0.813. The molecular weight excluding hydrogens is 264 g/mol. The maximum absolute atomic E-state index is 9.27. The molecule has 0 aliphatic carbocycles. The molecule has 1 atom stereocenters. The Morgan fingerprint density at radius 3 is 2.33 bits per heavy atom. The lowest BCUT2D eigenvalue weighted by molar-refractivity contribution is -0.00000467. The fraction of sp³-hybridized carbons (Fsp3) is 0.200. The molecule has 3 heteroatoms. The Morgan fingerprint density at radius 1 is 1.06 bits per heavy atom. The zero-order valence-electron chi connectivity index (χ0n) is 10.6. The van der Waals surface area contributed by atoms with Crippen molar-refractivity contribution >= 4 is 10.9 Å². The minimum Gasteiger partial charge on any atom is -1.00 e. The van der Waals surface area contributed by atoms with Gasteiger partial charge in [-0.25, -0.2) is 0 Å². The van der Waals surface area contributed by atoms with Crippen LogP contribution in [0.4, 0.5) is 0 Å². The van der Waals surface area contributed by atoms with E-state index in [1.54, 1.807) is 12.1 Å². The minimum absolute atomic E-state index is 0. The molecule has 0 saturated carbocycles. The van der Waals surface area contributed by atoms with Crippen molar-refractivity contribution < 1.29 is 17.5 Å². The van der Waals surface area contributed by atoms with Crippen molar-refractivity contribution in [3.8, 4) is 5.75 Å². The Hall–Kier alpha value is -1.12. The first-order valence-electron chi connectivity index (χ1n) is 5.62. The second-order valence-corrected chi connectivity index (χ2v) is 6.30. The highest BCUT2D eigenvalue weighted by Crippen LogP contribution is 2.19. The van der Waals surface area contributed by atoms with E-state index in [1.165, 1.54) is 16.0 Å². The van der Waals surface area contributed by atoms with Gasteiger partial charge in [-0.2, -0.15) is 0 Å². The van der Waals surface area contributed by atoms with Crippen LogP contribution in [0.25, 0.3) is 0 Å². The smallest absolute Gasteiger partial charge is 0.155 e. The molecule has 0 saturated heterocycles. The molecule has 2 aromatic carbocycles. The lowest BCUT2D eigenvalue weighted by atomic mass is 10.2. The molecule has 18 heavy (non-hydrogen) atoms. The zero-order valence-corrected chi connectivity index (χ0v) is 12.1. The first-order chi connectivity index (χ1) is 8.15. The Kier molecular flexibility index (Phi) is 5.57. The van der Waals surface area contributed by atoms with Gasteiger partial charge in [-0.05, 0) is 31.2 Å². The molecule has 0 aliphatic heterocycles. The SMILES string of the molecule is Cc1cccc(C[S+](C)c2ccc(O)cc2)c1.[Cl-]. The van der Waals surface area contributed by atoms with Gasteiger partial charge in [0.25, 0.3) is 0 Å². The predicted molar refractivity (Wildman–Crippen MR) is 74.5 cm³/mol. The van der Waals surface area contributed by atoms with Crippen LogP contribution in [0, 0.1) is 6.92 Å². The van der Waals surface area contributed by atoms with Crippen molar-refractivity contribution in [1.82, 2.24) is 0 Å². The highest BCUT2D eigenvalue weighted by Gasteiger charge is 2.15. The average molecular weight is 281 g/mol. The molecule has 0 fully saturated rings. The Balaban J connectivity index is 0.00000162. The lowest BCUT2D eigenvalue weighted by Crippen LogP contribution is -3.00. The van der Waals surface area contributed by atoms with Crippen molar-refractivity contribution in [3.63, 3.8) is 0 Å². The summed E-state index contributed by atoms with van der Waals surface area (Å²) in [6, 6.07) is 16.2. The molecule has 96 valence electrons. The summed E-state index contributed by atoms with van der Waals surface area (Å²) in [6.45, 7) is 2.12. The van der Waals surface area contributed by atoms with Crippen LogP contribution in [0.2, 0.25) is 0 Å². The van der Waals surface area contributed by atoms with Gasteiger partial charge in [0, 0.05) is 16.5 Å². The molecule has 1 nitrogen and oxygen atoms in total. The van der Waals surface area contributed by atoms with Crippen LogP contribution in [0.5, 0.6) is 5.75 Å². The molecule has 0 heterocycles. The summed E-state index contributed by atoms with van der Waals surface area (Å²) in [4.78, 5) is 1.30. The summed E-state index contributed by atoms with van der Waals surface area (Å²) in [5.74, 6) is 1.40. The zero-order chi connectivity index (χ0) is 12.3. The highest BCUT2D eigenvalue weighted by atomic mass is 35.5. The van der Waals surface area contributed by atoms with Crippen molar-refractivity contribution in [3.05, 3.63) is 59.7 Å². The second-order valence-electron chi connectivity index (χ2n) is 4.26. The molecular formula is C15H17ClOS. The van der Waals surface area contributed by atoms with Crippen molar-refractivity contribution in [2.45, 2.75) is 17.6 Å². The normalized spacial score (nSPS) is 11.7. The molecule has 1 N–H and O–H groups in total. The third-order valence-electron chi connectivity index (χ3n) is 2.70. The van der Waals surface area contributed by atoms with Crippen LogP contribution in [0.3, 0.4) is 0 Å². The van der Waals surface area contributed by atoms with Gasteiger partial charge in [0.15, 0.2) is 4.90 Å². The number of hydrogen-bond donors (Lipinski definition) is 1. The second kappa shape index (κ2) is 6.72. The monoisotopic (exact) mass is 280 g/mol. The maximum atomic E-state index is 9.27. The number of phenols is 1. The van der Waals surface area contributed by atoms with Crippen LogP contribution in [-0.2, 0) is 16.6 Å². The first kappa shape index (κ1) is 14.9. The molecule has 1 unspecified atom stereocenters. The summed E-state index contributed by atoms with van der Waals surface area (Å²) >= 11 is 0. The van der Waals surface area contributed by atoms with Gasteiger partial charge in [0.2, 0.25) is 0 Å². The van der Waals surface area contributed by atoms with E-state index in [2.05, 4.69) is 37.4 Å². The molecule has 0 aliphatic rings. The van der Waals surface area contributed by atoms with Gasteiger partial charge >= 0.3 is 0 Å². The molecule has 0 radical (unpaired) electrons. The van der Waals surface area contributed by atoms with Crippen LogP contribution >= 0.6 is 0 Å². The van der Waals surface area contributed by atoms with Gasteiger partial charge < -0.3 is 17.5 Å². The topological polar surface area (TPSA) is 20.2 Å². The standard InChI is InChI=1S/C15H16OS.ClH/c1-12-4-3-5-13(10-12)11-17(2)15-8-6-14(16)7-9-15;/h3-10H,11H2,1-2H3;1H. The van der Waals surface area contributed by atoms with Crippen LogP contribution in [0.15, 0.2) is 53.4 Å². The van der Waals surface area contributed by atoms with E-state index in [0.717, 1.165) is 5.75 Å². The van der Waals surface area contributed by atoms with E-state index >= 15 is 0 Å². The molecule has 2 rings (SSSR count). The van der Waals surface area contributed by atoms with E-state index in [1.807, 2.05) is 12.1 Å². The van der Waals surface area contributed by atoms with Gasteiger partial charge in [-0.1, -0.05) is 29.8 Å². The maximum Gasteiger partial charge on any atom is 0.155 e. The number of benzene rings is 2. The number of rotatable bonds is 3. The fourth-order valence-corrected chi connectivity index (χ4v) is 3.26. The minimum atomic E-state index is 0. The first-order valence-corrected chi connectivity index (χ1v) is 7.42. The van der Waals surface area contributed by atoms with Gasteiger partial charge in [-0.15, -0.1) is 0 Å². The third-order valence-corrected chi connectivity index (χ3v) is 4.55. The van der Waals surface area contributed by atoms with Gasteiger partial charge in [0.05, 0.1) is 0 Å². The van der Waals surface area contributed by atoms with Crippen LogP contribution in [0.1, 0.15) is 11.1 Å². The lowest BCUT2D eigenvalue weighted by Gasteiger charge is -2.04. The molecule has 2 aromatic rings. The van der Waals surface area contributed by atoms with E-state index < -0.39 is 0 Å². The van der Waals surface area contributed by atoms with Crippen molar-refractivity contribution in [2.24, 2.45) is 0 Å². The molecule has 0 spiro atoms. The van der Waals surface area contributed by atoms with E-state index in [9.17, 15) is 5.11 Å². The van der Waals surface area contributed by atoms with E-state index in [0.29, 0.717) is 5.75 Å². The molecule has 0 aromatic heterocycles. The van der Waals surface area contributed by atoms with E-state index in [4.69, 9.17) is 0 Å².